The molecule has 0 aliphatic rings. The van der Waals surface area contributed by atoms with Gasteiger partial charge in [-0.1, -0.05) is 97.1 Å². The van der Waals surface area contributed by atoms with Gasteiger partial charge in [0.2, 0.25) is 0 Å². The fourth-order valence-corrected chi connectivity index (χ4v) is 3.21. The van der Waals surface area contributed by atoms with Crippen LogP contribution in [0.1, 0.15) is 0 Å². The number of rotatable bonds is 0. The molecule has 0 unspecified atom stereocenters. The molecule has 5 aromatic rings. The van der Waals surface area contributed by atoms with Gasteiger partial charge in [0.1, 0.15) is 0 Å². The van der Waals surface area contributed by atoms with Crippen molar-refractivity contribution < 1.29 is 0 Å². The molecule has 1 nitrogen and oxygen atoms in total. The molecule has 0 aliphatic carbocycles. The van der Waals surface area contributed by atoms with Crippen LogP contribution in [0, 0.1) is 0 Å². The summed E-state index contributed by atoms with van der Waals surface area (Å²) in [7, 11) is 0. The van der Waals surface area contributed by atoms with Gasteiger partial charge in [-0.3, -0.25) is 0 Å². The molecule has 25 heavy (non-hydrogen) atoms. The Morgan fingerprint density at radius 1 is 0.360 bits per heavy atom. The molecule has 0 aliphatic heterocycles. The number of fused-ring (bicyclic) bond motifs is 4. The van der Waals surface area contributed by atoms with Gasteiger partial charge in [-0.2, -0.15) is 0 Å². The van der Waals surface area contributed by atoms with Crippen LogP contribution < -0.4 is 5.73 Å². The molecule has 0 saturated carbocycles. The molecule has 5 rings (SSSR count). The number of nitrogen functional groups attached to an aromatic ring is 1. The van der Waals surface area contributed by atoms with Crippen LogP contribution in [0.25, 0.3) is 32.3 Å². The fourth-order valence-electron chi connectivity index (χ4n) is 3.21. The fraction of sp³-hybridized carbons (Fsp3) is 0. The third-order valence-electron chi connectivity index (χ3n) is 4.48. The van der Waals surface area contributed by atoms with E-state index < -0.39 is 0 Å². The first-order chi connectivity index (χ1) is 12.3. The molecule has 1 heteroatoms. The first-order valence-electron chi connectivity index (χ1n) is 8.43. The Morgan fingerprint density at radius 2 is 0.760 bits per heavy atom. The van der Waals surface area contributed by atoms with E-state index in [-0.39, 0.29) is 0 Å². The molecule has 120 valence electrons. The van der Waals surface area contributed by atoms with Gasteiger partial charge in [0, 0.05) is 11.1 Å². The maximum absolute atomic E-state index is 5.76. The highest BCUT2D eigenvalue weighted by molar-refractivity contribution is 6.07. The minimum atomic E-state index is 0.850. The summed E-state index contributed by atoms with van der Waals surface area (Å²) in [5.41, 5.74) is 6.61. The third-order valence-corrected chi connectivity index (χ3v) is 4.48. The lowest BCUT2D eigenvalue weighted by Crippen LogP contribution is -1.84. The average molecular weight is 321 g/mol. The highest BCUT2D eigenvalue weighted by Gasteiger charge is 1.97. The lowest BCUT2D eigenvalue weighted by molar-refractivity contribution is 1.73. The van der Waals surface area contributed by atoms with E-state index in [0.717, 1.165) is 11.1 Å². The maximum Gasteiger partial charge on any atom is 0.0393 e. The van der Waals surface area contributed by atoms with Crippen molar-refractivity contribution in [2.75, 3.05) is 5.73 Å². The highest BCUT2D eigenvalue weighted by atomic mass is 14.5. The smallest absolute Gasteiger partial charge is 0.0393 e. The van der Waals surface area contributed by atoms with Crippen LogP contribution in [0.4, 0.5) is 5.69 Å². The Bertz CT molecular complexity index is 1100. The van der Waals surface area contributed by atoms with E-state index in [1.165, 1.54) is 26.9 Å². The van der Waals surface area contributed by atoms with Gasteiger partial charge in [-0.05, 0) is 33.0 Å². The number of hydrogen-bond acceptors (Lipinski definition) is 1. The molecule has 0 radical (unpaired) electrons. The normalized spacial score (nSPS) is 10.6. The van der Waals surface area contributed by atoms with Crippen LogP contribution in [-0.4, -0.2) is 0 Å². The summed E-state index contributed by atoms with van der Waals surface area (Å²) in [5.74, 6) is 0. The largest absolute Gasteiger partial charge is 0.398 e. The lowest BCUT2D eigenvalue weighted by atomic mass is 10.0. The molecule has 0 atom stereocenters. The standard InChI is InChI=1S/C14H10.C10H9N/c1-3-7-13-11(5-1)9-10-12-6-2-4-8-14(12)13;11-10-7-3-5-8-4-1-2-6-9(8)10/h1-10H;1-7H,11H2. The van der Waals surface area contributed by atoms with Gasteiger partial charge in [-0.25, -0.2) is 0 Å². The van der Waals surface area contributed by atoms with Crippen molar-refractivity contribution in [2.24, 2.45) is 0 Å². The molecule has 0 spiro atoms. The molecule has 0 amide bonds. The SMILES string of the molecule is Nc1cccc2ccccc12.c1ccc2c(c1)ccc1ccccc12. The van der Waals surface area contributed by atoms with Gasteiger partial charge in [0.25, 0.3) is 0 Å². The topological polar surface area (TPSA) is 26.0 Å². The van der Waals surface area contributed by atoms with E-state index in [1.807, 2.05) is 30.3 Å². The minimum absolute atomic E-state index is 0.850. The summed E-state index contributed by atoms with van der Waals surface area (Å²) in [6.45, 7) is 0. The molecule has 0 bridgehead atoms. The van der Waals surface area contributed by atoms with E-state index in [2.05, 4.69) is 72.8 Å². The zero-order chi connectivity index (χ0) is 17.1. The lowest BCUT2D eigenvalue weighted by Gasteiger charge is -2.02. The summed E-state index contributed by atoms with van der Waals surface area (Å²) in [6, 6.07) is 35.4. The predicted octanol–water partition coefficient (Wildman–Crippen LogP) is 6.42. The van der Waals surface area contributed by atoms with Gasteiger partial charge in [0.15, 0.2) is 0 Å². The molecular formula is C24H19N. The first-order valence-corrected chi connectivity index (χ1v) is 8.43. The summed E-state index contributed by atoms with van der Waals surface area (Å²) >= 11 is 0. The zero-order valence-corrected chi connectivity index (χ0v) is 13.9. The van der Waals surface area contributed by atoms with Gasteiger partial charge < -0.3 is 5.73 Å². The second-order valence-corrected chi connectivity index (χ2v) is 6.08. The molecule has 0 heterocycles. The number of nitrogens with two attached hydrogens (primary N) is 1. The third kappa shape index (κ3) is 3.05. The molecule has 2 N–H and O–H groups in total. The zero-order valence-electron chi connectivity index (χ0n) is 13.9. The van der Waals surface area contributed by atoms with Crippen molar-refractivity contribution in [2.45, 2.75) is 0 Å². The van der Waals surface area contributed by atoms with E-state index >= 15 is 0 Å². The Hall–Kier alpha value is -3.32. The Labute approximate surface area is 147 Å². The highest BCUT2D eigenvalue weighted by Crippen LogP contribution is 2.24. The van der Waals surface area contributed by atoms with E-state index in [9.17, 15) is 0 Å². The van der Waals surface area contributed by atoms with Gasteiger partial charge in [-0.15, -0.1) is 0 Å². The summed E-state index contributed by atoms with van der Waals surface area (Å²) in [5, 5.41) is 7.64. The van der Waals surface area contributed by atoms with Crippen LogP contribution in [-0.2, 0) is 0 Å². The van der Waals surface area contributed by atoms with Gasteiger partial charge in [0.05, 0.1) is 0 Å². The van der Waals surface area contributed by atoms with Crippen LogP contribution >= 0.6 is 0 Å². The Kier molecular flexibility index (Phi) is 4.05. The average Bonchev–Trinajstić information content (AvgIpc) is 2.69. The maximum atomic E-state index is 5.76. The summed E-state index contributed by atoms with van der Waals surface area (Å²) < 4.78 is 0. The van der Waals surface area contributed by atoms with Crippen LogP contribution in [0.2, 0.25) is 0 Å². The quantitative estimate of drug-likeness (QED) is 0.259. The molecule has 0 saturated heterocycles. The van der Waals surface area contributed by atoms with Crippen molar-refractivity contribution in [3.05, 3.63) is 103 Å². The monoisotopic (exact) mass is 321 g/mol. The van der Waals surface area contributed by atoms with Gasteiger partial charge >= 0.3 is 0 Å². The summed E-state index contributed by atoms with van der Waals surface area (Å²) in [4.78, 5) is 0. The molecule has 0 fully saturated rings. The molecular weight excluding hydrogens is 302 g/mol. The van der Waals surface area contributed by atoms with Crippen molar-refractivity contribution in [1.82, 2.24) is 0 Å². The van der Waals surface area contributed by atoms with E-state index in [4.69, 9.17) is 5.73 Å². The van der Waals surface area contributed by atoms with E-state index in [1.54, 1.807) is 0 Å². The van der Waals surface area contributed by atoms with Crippen LogP contribution in [0.3, 0.4) is 0 Å². The minimum Gasteiger partial charge on any atom is -0.398 e. The van der Waals surface area contributed by atoms with Crippen molar-refractivity contribution >= 4 is 38.0 Å². The number of hydrogen-bond donors (Lipinski definition) is 1. The predicted molar refractivity (Wildman–Crippen MR) is 110 cm³/mol. The van der Waals surface area contributed by atoms with Crippen molar-refractivity contribution in [1.29, 1.82) is 0 Å². The second kappa shape index (κ2) is 6.66. The Balaban J connectivity index is 0.000000129. The number of anilines is 1. The number of benzene rings is 5. The van der Waals surface area contributed by atoms with E-state index in [0.29, 0.717) is 0 Å². The summed E-state index contributed by atoms with van der Waals surface area (Å²) in [6.07, 6.45) is 0. The Morgan fingerprint density at radius 3 is 1.28 bits per heavy atom. The molecule has 0 aromatic heterocycles. The second-order valence-electron chi connectivity index (χ2n) is 6.08. The van der Waals surface area contributed by atoms with Crippen molar-refractivity contribution in [3.63, 3.8) is 0 Å². The molecule has 5 aromatic carbocycles. The van der Waals surface area contributed by atoms with Crippen LogP contribution in [0.5, 0.6) is 0 Å². The van der Waals surface area contributed by atoms with Crippen LogP contribution in [0.15, 0.2) is 103 Å². The van der Waals surface area contributed by atoms with Crippen molar-refractivity contribution in [3.8, 4) is 0 Å². The first kappa shape index (κ1) is 15.2.